The summed E-state index contributed by atoms with van der Waals surface area (Å²) in [6, 6.07) is 6.32. The number of ether oxygens (including phenoxy) is 3. The average Bonchev–Trinajstić information content (AvgIpc) is 2.35. The van der Waals surface area contributed by atoms with Gasteiger partial charge in [0.1, 0.15) is 5.75 Å². The van der Waals surface area contributed by atoms with Gasteiger partial charge in [-0.05, 0) is 17.8 Å². The quantitative estimate of drug-likeness (QED) is 0.741. The van der Waals surface area contributed by atoms with Crippen LogP contribution in [0, 0.1) is 0 Å². The van der Waals surface area contributed by atoms with Gasteiger partial charge in [-0.25, -0.2) is 0 Å². The summed E-state index contributed by atoms with van der Waals surface area (Å²) in [7, 11) is 1.59. The Balaban J connectivity index is 3.36. The van der Waals surface area contributed by atoms with E-state index < -0.39 is 6.48 Å². The van der Waals surface area contributed by atoms with E-state index in [0.29, 0.717) is 6.61 Å². The van der Waals surface area contributed by atoms with Crippen LogP contribution < -0.4 is 4.74 Å². The van der Waals surface area contributed by atoms with Crippen LogP contribution in [0.25, 0.3) is 0 Å². The van der Waals surface area contributed by atoms with E-state index in [2.05, 4.69) is 59.7 Å². The molecule has 1 aromatic rings. The van der Waals surface area contributed by atoms with Gasteiger partial charge in [0.15, 0.2) is 0 Å². The molecule has 3 heteroatoms. The minimum atomic E-state index is -0.681. The second-order valence-corrected chi connectivity index (χ2v) is 7.28. The maximum atomic E-state index is 6.07. The van der Waals surface area contributed by atoms with E-state index in [9.17, 15) is 0 Å². The van der Waals surface area contributed by atoms with Gasteiger partial charge < -0.3 is 14.2 Å². The van der Waals surface area contributed by atoms with E-state index in [-0.39, 0.29) is 10.8 Å². The van der Waals surface area contributed by atoms with E-state index in [0.717, 1.165) is 16.9 Å². The molecule has 1 rings (SSSR count). The molecule has 0 amide bonds. The summed E-state index contributed by atoms with van der Waals surface area (Å²) in [4.78, 5) is 0. The minimum absolute atomic E-state index is 0.0128. The number of hydrogen-bond acceptors (Lipinski definition) is 3. The highest BCUT2D eigenvalue weighted by Gasteiger charge is 2.28. The topological polar surface area (TPSA) is 27.7 Å². The van der Waals surface area contributed by atoms with Gasteiger partial charge in [0.25, 0.3) is 0 Å². The summed E-state index contributed by atoms with van der Waals surface area (Å²) in [5.41, 5.74) is 2.30. The number of methoxy groups -OCH3 is 1. The van der Waals surface area contributed by atoms with Crippen molar-refractivity contribution in [3.8, 4) is 5.75 Å². The maximum Gasteiger partial charge on any atom is 0.315 e. The molecule has 0 aliphatic rings. The summed E-state index contributed by atoms with van der Waals surface area (Å²) in [6.07, 6.45) is 0. The van der Waals surface area contributed by atoms with Crippen LogP contribution in [-0.2, 0) is 20.3 Å². The Kier molecular flexibility index (Phi) is 5.83. The highest BCUT2D eigenvalue weighted by Crippen LogP contribution is 2.40. The van der Waals surface area contributed by atoms with E-state index in [4.69, 9.17) is 14.2 Å². The van der Waals surface area contributed by atoms with Crippen LogP contribution in [-0.4, -0.2) is 20.2 Å². The number of benzene rings is 1. The van der Waals surface area contributed by atoms with Crippen LogP contribution in [0.5, 0.6) is 5.75 Å². The zero-order valence-electron chi connectivity index (χ0n) is 14.7. The Morgan fingerprint density at radius 1 is 0.952 bits per heavy atom. The normalized spacial score (nSPS) is 14.1. The van der Waals surface area contributed by atoms with Crippen molar-refractivity contribution in [2.45, 2.75) is 65.8 Å². The average molecular weight is 294 g/mol. The molecule has 1 atom stereocenters. The fourth-order valence-electron chi connectivity index (χ4n) is 2.23. The van der Waals surface area contributed by atoms with Crippen LogP contribution >= 0.6 is 0 Å². The molecule has 0 aromatic heterocycles. The molecule has 0 aliphatic carbocycles. The molecule has 0 fully saturated rings. The molecule has 1 aromatic carbocycles. The van der Waals surface area contributed by atoms with Crippen molar-refractivity contribution in [1.82, 2.24) is 0 Å². The SMILES string of the molecule is CCOC(OC)Oc1c(C(C)(C)C)cccc1C(C)(C)C. The van der Waals surface area contributed by atoms with Gasteiger partial charge in [0.2, 0.25) is 0 Å². The monoisotopic (exact) mass is 294 g/mol. The molecular formula is C18H30O3. The molecule has 21 heavy (non-hydrogen) atoms. The summed E-state index contributed by atoms with van der Waals surface area (Å²) >= 11 is 0. The molecule has 0 saturated carbocycles. The smallest absolute Gasteiger partial charge is 0.315 e. The van der Waals surface area contributed by atoms with Gasteiger partial charge in [0.05, 0.1) is 6.61 Å². The third-order valence-corrected chi connectivity index (χ3v) is 3.34. The molecule has 120 valence electrons. The van der Waals surface area contributed by atoms with Gasteiger partial charge in [0, 0.05) is 18.2 Å². The van der Waals surface area contributed by atoms with Crippen molar-refractivity contribution in [3.63, 3.8) is 0 Å². The van der Waals surface area contributed by atoms with Gasteiger partial charge in [-0.3, -0.25) is 0 Å². The van der Waals surface area contributed by atoms with E-state index >= 15 is 0 Å². The van der Waals surface area contributed by atoms with E-state index in [1.807, 2.05) is 6.92 Å². The molecule has 0 heterocycles. The highest BCUT2D eigenvalue weighted by molar-refractivity contribution is 5.48. The lowest BCUT2D eigenvalue weighted by Crippen LogP contribution is -2.27. The predicted molar refractivity (Wildman–Crippen MR) is 86.9 cm³/mol. The Morgan fingerprint density at radius 2 is 1.43 bits per heavy atom. The highest BCUT2D eigenvalue weighted by atomic mass is 16.8. The minimum Gasteiger partial charge on any atom is -0.441 e. The lowest BCUT2D eigenvalue weighted by molar-refractivity contribution is -0.231. The first kappa shape index (κ1) is 18.0. The van der Waals surface area contributed by atoms with Gasteiger partial charge in [-0.1, -0.05) is 59.7 Å². The van der Waals surface area contributed by atoms with E-state index in [1.54, 1.807) is 7.11 Å². The van der Waals surface area contributed by atoms with Gasteiger partial charge in [-0.15, -0.1) is 0 Å². The summed E-state index contributed by atoms with van der Waals surface area (Å²) in [5.74, 6) is 0.873. The zero-order valence-corrected chi connectivity index (χ0v) is 14.7. The first-order valence-corrected chi connectivity index (χ1v) is 7.56. The predicted octanol–water partition coefficient (Wildman–Crippen LogP) is 4.63. The molecule has 0 spiro atoms. The summed E-state index contributed by atoms with van der Waals surface area (Å²) in [6.45, 7) is 14.9. The van der Waals surface area contributed by atoms with Gasteiger partial charge in [-0.2, -0.15) is 0 Å². The lowest BCUT2D eigenvalue weighted by Gasteiger charge is -2.31. The van der Waals surface area contributed by atoms with Crippen LogP contribution in [0.4, 0.5) is 0 Å². The van der Waals surface area contributed by atoms with Crippen molar-refractivity contribution >= 4 is 0 Å². The largest absolute Gasteiger partial charge is 0.441 e. The fourth-order valence-corrected chi connectivity index (χ4v) is 2.23. The zero-order chi connectivity index (χ0) is 16.3. The number of rotatable bonds is 5. The third kappa shape index (κ3) is 4.72. The van der Waals surface area contributed by atoms with Crippen molar-refractivity contribution < 1.29 is 14.2 Å². The van der Waals surface area contributed by atoms with Crippen LogP contribution in [0.15, 0.2) is 18.2 Å². The molecule has 0 aliphatic heterocycles. The van der Waals surface area contributed by atoms with Crippen molar-refractivity contribution in [2.24, 2.45) is 0 Å². The Labute approximate surface area is 129 Å². The molecule has 0 saturated heterocycles. The standard InChI is InChI=1S/C18H30O3/c1-9-20-16(19-8)21-15-13(17(2,3)4)11-10-12-14(15)18(5,6)7/h10-12,16H,9H2,1-8H3. The molecular weight excluding hydrogens is 264 g/mol. The van der Waals surface area contributed by atoms with Crippen molar-refractivity contribution in [2.75, 3.05) is 13.7 Å². The van der Waals surface area contributed by atoms with Crippen LogP contribution in [0.3, 0.4) is 0 Å². The number of hydrogen-bond donors (Lipinski definition) is 0. The first-order chi connectivity index (χ1) is 9.61. The summed E-state index contributed by atoms with van der Waals surface area (Å²) < 4.78 is 16.8. The van der Waals surface area contributed by atoms with Gasteiger partial charge >= 0.3 is 6.48 Å². The second kappa shape index (κ2) is 6.80. The molecule has 3 nitrogen and oxygen atoms in total. The molecule has 0 radical (unpaired) electrons. The van der Waals surface area contributed by atoms with Crippen molar-refractivity contribution in [3.05, 3.63) is 29.3 Å². The Hall–Kier alpha value is -1.06. The second-order valence-electron chi connectivity index (χ2n) is 7.28. The number of para-hydroxylation sites is 1. The molecule has 0 N–H and O–H groups in total. The third-order valence-electron chi connectivity index (χ3n) is 3.34. The fraction of sp³-hybridized carbons (Fsp3) is 0.667. The van der Waals surface area contributed by atoms with Crippen molar-refractivity contribution in [1.29, 1.82) is 0 Å². The maximum absolute atomic E-state index is 6.07. The Morgan fingerprint density at radius 3 is 1.76 bits per heavy atom. The Bertz CT molecular complexity index is 420. The van der Waals surface area contributed by atoms with E-state index in [1.165, 1.54) is 0 Å². The first-order valence-electron chi connectivity index (χ1n) is 7.56. The van der Waals surface area contributed by atoms with Crippen LogP contribution in [0.2, 0.25) is 0 Å². The summed E-state index contributed by atoms with van der Waals surface area (Å²) in [5, 5.41) is 0. The molecule has 1 unspecified atom stereocenters. The molecule has 0 bridgehead atoms. The lowest BCUT2D eigenvalue weighted by atomic mass is 9.79. The van der Waals surface area contributed by atoms with Crippen LogP contribution in [0.1, 0.15) is 59.6 Å².